The van der Waals surface area contributed by atoms with E-state index >= 15 is 0 Å². The minimum atomic E-state index is -0.138. The van der Waals surface area contributed by atoms with Crippen molar-refractivity contribution in [2.75, 3.05) is 7.11 Å². The minimum absolute atomic E-state index is 0.0788. The Morgan fingerprint density at radius 2 is 2.43 bits per heavy atom. The van der Waals surface area contributed by atoms with Crippen molar-refractivity contribution < 1.29 is 13.9 Å². The van der Waals surface area contributed by atoms with Gasteiger partial charge in [-0.25, -0.2) is 4.98 Å². The average molecular weight is 377 g/mol. The number of H-pyrrole nitrogens is 1. The number of amides is 1. The molecule has 3 aromatic rings. The number of aromatic amines is 1. The third-order valence-electron chi connectivity index (χ3n) is 5.09. The summed E-state index contributed by atoms with van der Waals surface area (Å²) in [6.45, 7) is 4.01. The molecule has 1 atom stereocenters. The van der Waals surface area contributed by atoms with Crippen molar-refractivity contribution in [2.24, 2.45) is 0 Å². The predicted octanol–water partition coefficient (Wildman–Crippen LogP) is 4.21. The molecule has 0 spiro atoms. The number of ether oxygens (including phenoxy) is 1. The number of nitrogens with zero attached hydrogens (tertiary/aromatic N) is 1. The van der Waals surface area contributed by atoms with Gasteiger partial charge >= 0.3 is 0 Å². The first kappa shape index (κ1) is 18.3. The molecule has 0 saturated heterocycles. The van der Waals surface area contributed by atoms with Crippen molar-refractivity contribution in [1.29, 1.82) is 0 Å². The molecule has 2 N–H and O–H groups in total. The highest BCUT2D eigenvalue weighted by atomic mass is 16.5. The number of pyridine rings is 1. The number of furan rings is 1. The van der Waals surface area contributed by atoms with Gasteiger partial charge in [-0.15, -0.1) is 0 Å². The summed E-state index contributed by atoms with van der Waals surface area (Å²) in [6.07, 6.45) is 11.6. The van der Waals surface area contributed by atoms with Gasteiger partial charge in [-0.05, 0) is 48.6 Å². The van der Waals surface area contributed by atoms with E-state index in [1.807, 2.05) is 24.5 Å². The van der Waals surface area contributed by atoms with Crippen LogP contribution in [0.2, 0.25) is 0 Å². The van der Waals surface area contributed by atoms with Gasteiger partial charge in [0.25, 0.3) is 0 Å². The Hall–Kier alpha value is -3.12. The Kier molecular flexibility index (Phi) is 5.12. The topological polar surface area (TPSA) is 80.1 Å². The number of hydrogen-bond donors (Lipinski definition) is 2. The molecule has 1 aliphatic carbocycles. The first-order chi connectivity index (χ1) is 13.7. The molecule has 1 aliphatic rings. The monoisotopic (exact) mass is 377 g/mol. The van der Waals surface area contributed by atoms with Crippen LogP contribution in [0.25, 0.3) is 27.9 Å². The van der Waals surface area contributed by atoms with Gasteiger partial charge in [-0.1, -0.05) is 12.7 Å². The zero-order chi connectivity index (χ0) is 19.5. The van der Waals surface area contributed by atoms with Gasteiger partial charge in [0.05, 0.1) is 12.9 Å². The Morgan fingerprint density at radius 1 is 1.54 bits per heavy atom. The third-order valence-corrected chi connectivity index (χ3v) is 5.09. The molecule has 0 bridgehead atoms. The van der Waals surface area contributed by atoms with Gasteiger partial charge in [0.2, 0.25) is 5.91 Å². The van der Waals surface area contributed by atoms with Gasteiger partial charge in [0, 0.05) is 42.1 Å². The van der Waals surface area contributed by atoms with Crippen LogP contribution in [-0.2, 0) is 16.1 Å². The second kappa shape index (κ2) is 7.86. The third kappa shape index (κ3) is 3.39. The van der Waals surface area contributed by atoms with Gasteiger partial charge in [0.15, 0.2) is 0 Å². The van der Waals surface area contributed by atoms with E-state index in [0.29, 0.717) is 6.61 Å². The lowest BCUT2D eigenvalue weighted by Crippen LogP contribution is -2.34. The molecule has 1 amide bonds. The first-order valence-corrected chi connectivity index (χ1v) is 9.35. The molecular formula is C22H23N3O3. The molecule has 6 nitrogen and oxygen atoms in total. The summed E-state index contributed by atoms with van der Waals surface area (Å²) in [4.78, 5) is 19.6. The SMILES string of the molecule is C=CC(=O)NC1CCC=C(c2c(COC)cnc3[nH]cc(-c4ccco4)c23)C1. The average Bonchev–Trinajstić information content (AvgIpc) is 3.37. The van der Waals surface area contributed by atoms with E-state index in [4.69, 9.17) is 9.15 Å². The van der Waals surface area contributed by atoms with E-state index in [0.717, 1.165) is 52.7 Å². The van der Waals surface area contributed by atoms with Crippen LogP contribution in [0.1, 0.15) is 30.4 Å². The van der Waals surface area contributed by atoms with E-state index in [2.05, 4.69) is 27.9 Å². The van der Waals surface area contributed by atoms with Crippen LogP contribution >= 0.6 is 0 Å². The number of aromatic nitrogens is 2. The zero-order valence-corrected chi connectivity index (χ0v) is 15.8. The maximum absolute atomic E-state index is 11.8. The molecule has 1 unspecified atom stereocenters. The maximum atomic E-state index is 11.8. The van der Waals surface area contributed by atoms with Crippen molar-refractivity contribution in [3.63, 3.8) is 0 Å². The van der Waals surface area contributed by atoms with Gasteiger partial charge in [-0.2, -0.15) is 0 Å². The molecule has 0 radical (unpaired) electrons. The van der Waals surface area contributed by atoms with E-state index in [-0.39, 0.29) is 11.9 Å². The van der Waals surface area contributed by atoms with Gasteiger partial charge in [0.1, 0.15) is 11.4 Å². The molecule has 6 heteroatoms. The fourth-order valence-corrected chi connectivity index (χ4v) is 3.89. The highest BCUT2D eigenvalue weighted by molar-refractivity contribution is 6.01. The summed E-state index contributed by atoms with van der Waals surface area (Å²) in [5, 5.41) is 4.05. The normalized spacial score (nSPS) is 16.8. The number of nitrogens with one attached hydrogen (secondary N) is 2. The summed E-state index contributed by atoms with van der Waals surface area (Å²) in [6, 6.07) is 3.90. The van der Waals surface area contributed by atoms with Crippen LogP contribution in [0.3, 0.4) is 0 Å². The highest BCUT2D eigenvalue weighted by Gasteiger charge is 2.24. The fraction of sp³-hybridized carbons (Fsp3) is 0.273. The van der Waals surface area contributed by atoms with Crippen molar-refractivity contribution >= 4 is 22.5 Å². The second-order valence-corrected chi connectivity index (χ2v) is 6.92. The van der Waals surface area contributed by atoms with Crippen molar-refractivity contribution in [3.05, 3.63) is 60.6 Å². The molecule has 0 saturated carbocycles. The standard InChI is InChI=1S/C22H23N3O3/c1-3-19(26)25-16-7-4-6-14(10-16)20-15(13-27-2)11-23-22-21(20)17(12-24-22)18-8-5-9-28-18/h3,5-6,8-9,11-12,16H,1,4,7,10,13H2,2H3,(H,23,24)(H,25,26). The Balaban J connectivity index is 1.83. The number of allylic oxidation sites excluding steroid dienone is 1. The molecular weight excluding hydrogens is 354 g/mol. The summed E-state index contributed by atoms with van der Waals surface area (Å²) in [5.41, 5.74) is 5.09. The van der Waals surface area contributed by atoms with Crippen molar-refractivity contribution in [2.45, 2.75) is 31.9 Å². The van der Waals surface area contributed by atoms with Crippen molar-refractivity contribution in [1.82, 2.24) is 15.3 Å². The minimum Gasteiger partial charge on any atom is -0.464 e. The predicted molar refractivity (Wildman–Crippen MR) is 108 cm³/mol. The van der Waals surface area contributed by atoms with Gasteiger partial charge < -0.3 is 19.5 Å². The Morgan fingerprint density at radius 3 is 3.18 bits per heavy atom. The molecule has 0 fully saturated rings. The largest absolute Gasteiger partial charge is 0.464 e. The molecule has 0 aliphatic heterocycles. The summed E-state index contributed by atoms with van der Waals surface area (Å²) in [5.74, 6) is 0.651. The zero-order valence-electron chi connectivity index (χ0n) is 15.8. The van der Waals surface area contributed by atoms with Gasteiger partial charge in [-0.3, -0.25) is 4.79 Å². The molecule has 3 heterocycles. The van der Waals surface area contributed by atoms with Crippen LogP contribution in [0.5, 0.6) is 0 Å². The fourth-order valence-electron chi connectivity index (χ4n) is 3.89. The number of rotatable bonds is 6. The number of hydrogen-bond acceptors (Lipinski definition) is 4. The Labute approximate surface area is 163 Å². The number of carbonyl (C=O) groups excluding carboxylic acids is 1. The van der Waals surface area contributed by atoms with Crippen molar-refractivity contribution in [3.8, 4) is 11.3 Å². The molecule has 4 rings (SSSR count). The van der Waals surface area contributed by atoms with E-state index in [9.17, 15) is 4.79 Å². The lowest BCUT2D eigenvalue weighted by Gasteiger charge is -2.25. The van der Waals surface area contributed by atoms with Crippen LogP contribution in [0.15, 0.2) is 53.9 Å². The first-order valence-electron chi connectivity index (χ1n) is 9.35. The van der Waals surface area contributed by atoms with E-state index < -0.39 is 0 Å². The lowest BCUT2D eigenvalue weighted by atomic mass is 9.86. The molecule has 144 valence electrons. The number of carbonyl (C=O) groups is 1. The van der Waals surface area contributed by atoms with Crippen LogP contribution < -0.4 is 5.32 Å². The maximum Gasteiger partial charge on any atom is 0.243 e. The van der Waals surface area contributed by atoms with E-state index in [1.54, 1.807) is 13.4 Å². The van der Waals surface area contributed by atoms with Crippen LogP contribution in [0, 0.1) is 0 Å². The quantitative estimate of drug-likeness (QED) is 0.631. The van der Waals surface area contributed by atoms with Crippen LogP contribution in [-0.4, -0.2) is 29.0 Å². The highest BCUT2D eigenvalue weighted by Crippen LogP contribution is 2.39. The number of fused-ring (bicyclic) bond motifs is 1. The summed E-state index contributed by atoms with van der Waals surface area (Å²) < 4.78 is 11.1. The van der Waals surface area contributed by atoms with Crippen LogP contribution in [0.4, 0.5) is 0 Å². The molecule has 28 heavy (non-hydrogen) atoms. The lowest BCUT2D eigenvalue weighted by molar-refractivity contribution is -0.117. The molecule has 0 aromatic carbocycles. The van der Waals surface area contributed by atoms with E-state index in [1.165, 1.54) is 11.6 Å². The summed E-state index contributed by atoms with van der Waals surface area (Å²) >= 11 is 0. The Bertz CT molecular complexity index is 1030. The summed E-state index contributed by atoms with van der Waals surface area (Å²) in [7, 11) is 1.68. The molecule has 3 aromatic heterocycles. The number of methoxy groups -OCH3 is 1. The smallest absolute Gasteiger partial charge is 0.243 e. The second-order valence-electron chi connectivity index (χ2n) is 6.92.